The Morgan fingerprint density at radius 3 is 2.44 bits per heavy atom. The zero-order valence-corrected chi connectivity index (χ0v) is 11.8. The SMILES string of the molecule is O=C(O)c1c(I)c(=O)[nH]c(=O)n1C1CCCCC1. The lowest BCUT2D eigenvalue weighted by molar-refractivity contribution is 0.0676. The summed E-state index contributed by atoms with van der Waals surface area (Å²) in [5.41, 5.74) is -1.44. The first-order valence-corrected chi connectivity index (χ1v) is 6.88. The van der Waals surface area contributed by atoms with Gasteiger partial charge in [-0.15, -0.1) is 0 Å². The van der Waals surface area contributed by atoms with Gasteiger partial charge < -0.3 is 5.11 Å². The Balaban J connectivity index is 2.64. The van der Waals surface area contributed by atoms with Gasteiger partial charge in [0.2, 0.25) is 0 Å². The normalized spacial score (nSPS) is 16.7. The summed E-state index contributed by atoms with van der Waals surface area (Å²) >= 11 is 1.67. The van der Waals surface area contributed by atoms with Crippen LogP contribution in [0.5, 0.6) is 0 Å². The van der Waals surface area contributed by atoms with Gasteiger partial charge in [-0.3, -0.25) is 14.3 Å². The van der Waals surface area contributed by atoms with E-state index >= 15 is 0 Å². The van der Waals surface area contributed by atoms with Crippen LogP contribution in [0.3, 0.4) is 0 Å². The van der Waals surface area contributed by atoms with E-state index in [-0.39, 0.29) is 15.3 Å². The quantitative estimate of drug-likeness (QED) is 0.775. The number of H-pyrrole nitrogens is 1. The summed E-state index contributed by atoms with van der Waals surface area (Å²) in [6, 6.07) is -0.122. The summed E-state index contributed by atoms with van der Waals surface area (Å²) < 4.78 is 1.30. The van der Waals surface area contributed by atoms with Crippen molar-refractivity contribution in [3.05, 3.63) is 30.1 Å². The topological polar surface area (TPSA) is 92.2 Å². The number of halogens is 1. The highest BCUT2D eigenvalue weighted by molar-refractivity contribution is 14.1. The van der Waals surface area contributed by atoms with E-state index in [1.165, 1.54) is 4.57 Å². The fourth-order valence-corrected chi connectivity index (χ4v) is 3.04. The Labute approximate surface area is 116 Å². The Hall–Kier alpha value is -1.12. The minimum absolute atomic E-state index is 0.0604. The molecule has 0 aliphatic heterocycles. The predicted molar refractivity (Wildman–Crippen MR) is 73.1 cm³/mol. The highest BCUT2D eigenvalue weighted by Gasteiger charge is 2.25. The molecule has 1 aliphatic carbocycles. The van der Waals surface area contributed by atoms with Crippen LogP contribution in [0.1, 0.15) is 48.6 Å². The minimum atomic E-state index is -1.23. The van der Waals surface area contributed by atoms with E-state index < -0.39 is 17.2 Å². The molecule has 0 saturated heterocycles. The Kier molecular flexibility index (Phi) is 3.88. The summed E-state index contributed by atoms with van der Waals surface area (Å²) in [6.07, 6.45) is 4.62. The third kappa shape index (κ3) is 2.36. The molecule has 0 spiro atoms. The van der Waals surface area contributed by atoms with Crippen LogP contribution in [0, 0.1) is 3.57 Å². The third-order valence-corrected chi connectivity index (χ3v) is 4.23. The summed E-state index contributed by atoms with van der Waals surface area (Å²) in [4.78, 5) is 36.8. The first-order chi connectivity index (χ1) is 8.52. The van der Waals surface area contributed by atoms with Gasteiger partial charge in [-0.05, 0) is 35.4 Å². The molecule has 1 fully saturated rings. The summed E-state index contributed by atoms with van der Waals surface area (Å²) in [5, 5.41) is 9.21. The molecule has 1 aliphatic rings. The maximum atomic E-state index is 11.9. The number of hydrogen-bond donors (Lipinski definition) is 2. The first-order valence-electron chi connectivity index (χ1n) is 5.80. The van der Waals surface area contributed by atoms with E-state index in [1.54, 1.807) is 22.6 Å². The van der Waals surface area contributed by atoms with Gasteiger partial charge in [0.15, 0.2) is 5.69 Å². The molecule has 6 nitrogen and oxygen atoms in total. The molecule has 1 aromatic rings. The largest absolute Gasteiger partial charge is 0.477 e. The smallest absolute Gasteiger partial charge is 0.354 e. The van der Waals surface area contributed by atoms with Gasteiger partial charge in [0.25, 0.3) is 5.56 Å². The zero-order valence-electron chi connectivity index (χ0n) is 9.61. The average Bonchev–Trinajstić information content (AvgIpc) is 2.34. The first kappa shape index (κ1) is 13.3. The molecule has 1 saturated carbocycles. The predicted octanol–water partition coefficient (Wildman–Crippen LogP) is 1.34. The molecule has 18 heavy (non-hydrogen) atoms. The Bertz CT molecular complexity index is 584. The second-order valence-electron chi connectivity index (χ2n) is 4.39. The second-order valence-corrected chi connectivity index (χ2v) is 5.47. The zero-order chi connectivity index (χ0) is 13.3. The molecule has 0 amide bonds. The second kappa shape index (κ2) is 5.25. The summed E-state index contributed by atoms with van der Waals surface area (Å²) in [5.74, 6) is -1.23. The Morgan fingerprint density at radius 2 is 1.89 bits per heavy atom. The van der Waals surface area contributed by atoms with Crippen LogP contribution in [-0.2, 0) is 0 Å². The fraction of sp³-hybridized carbons (Fsp3) is 0.545. The number of aromatic nitrogens is 2. The van der Waals surface area contributed by atoms with E-state index in [9.17, 15) is 19.5 Å². The molecule has 0 radical (unpaired) electrons. The number of carboxylic acid groups (broad SMARTS) is 1. The molecule has 0 aromatic carbocycles. The van der Waals surface area contributed by atoms with Gasteiger partial charge in [-0.2, -0.15) is 0 Å². The van der Waals surface area contributed by atoms with Crippen molar-refractivity contribution in [2.75, 3.05) is 0 Å². The van der Waals surface area contributed by atoms with E-state index in [2.05, 4.69) is 4.98 Å². The summed E-state index contributed by atoms with van der Waals surface area (Å²) in [6.45, 7) is 0. The van der Waals surface area contributed by atoms with Gasteiger partial charge in [0.05, 0.1) is 0 Å². The van der Waals surface area contributed by atoms with E-state index in [0.717, 1.165) is 32.1 Å². The number of aromatic carboxylic acids is 1. The molecule has 0 unspecified atom stereocenters. The van der Waals surface area contributed by atoms with Crippen molar-refractivity contribution in [3.8, 4) is 0 Å². The maximum absolute atomic E-state index is 11.9. The molecule has 2 N–H and O–H groups in total. The van der Waals surface area contributed by atoms with Crippen molar-refractivity contribution in [2.24, 2.45) is 0 Å². The molecule has 0 atom stereocenters. The number of aromatic amines is 1. The van der Waals surface area contributed by atoms with Crippen LogP contribution in [0.2, 0.25) is 0 Å². The third-order valence-electron chi connectivity index (χ3n) is 3.23. The maximum Gasteiger partial charge on any atom is 0.354 e. The van der Waals surface area contributed by atoms with Crippen molar-refractivity contribution in [3.63, 3.8) is 0 Å². The number of nitrogens with zero attached hydrogens (tertiary/aromatic N) is 1. The molecule has 2 rings (SSSR count). The van der Waals surface area contributed by atoms with Crippen molar-refractivity contribution in [2.45, 2.75) is 38.1 Å². The number of nitrogens with one attached hydrogen (secondary N) is 1. The lowest BCUT2D eigenvalue weighted by Gasteiger charge is -2.25. The monoisotopic (exact) mass is 364 g/mol. The van der Waals surface area contributed by atoms with Crippen LogP contribution in [-0.4, -0.2) is 20.6 Å². The van der Waals surface area contributed by atoms with Crippen molar-refractivity contribution in [1.29, 1.82) is 0 Å². The van der Waals surface area contributed by atoms with Crippen molar-refractivity contribution >= 4 is 28.6 Å². The van der Waals surface area contributed by atoms with Gasteiger partial charge in [0.1, 0.15) is 3.57 Å². The average molecular weight is 364 g/mol. The lowest BCUT2D eigenvalue weighted by Crippen LogP contribution is -2.39. The molecular weight excluding hydrogens is 351 g/mol. The molecule has 1 heterocycles. The molecular formula is C11H13IN2O4. The standard InChI is InChI=1S/C11H13IN2O4/c12-7-8(10(16)17)14(11(18)13-9(7)15)6-4-2-1-3-5-6/h6H,1-5H2,(H,16,17)(H,13,15,18). The molecule has 1 aromatic heterocycles. The van der Waals surface area contributed by atoms with E-state index in [0.29, 0.717) is 0 Å². The van der Waals surface area contributed by atoms with E-state index in [4.69, 9.17) is 0 Å². The van der Waals surface area contributed by atoms with Crippen molar-refractivity contribution in [1.82, 2.24) is 9.55 Å². The van der Waals surface area contributed by atoms with Crippen LogP contribution >= 0.6 is 22.6 Å². The number of carbonyl (C=O) groups is 1. The highest BCUT2D eigenvalue weighted by Crippen LogP contribution is 2.28. The molecule has 0 bridgehead atoms. The highest BCUT2D eigenvalue weighted by atomic mass is 127. The van der Waals surface area contributed by atoms with Gasteiger partial charge in [-0.1, -0.05) is 19.3 Å². The molecule has 98 valence electrons. The van der Waals surface area contributed by atoms with Crippen LogP contribution in [0.4, 0.5) is 0 Å². The molecule has 7 heteroatoms. The van der Waals surface area contributed by atoms with Gasteiger partial charge in [0, 0.05) is 6.04 Å². The van der Waals surface area contributed by atoms with Crippen LogP contribution in [0.25, 0.3) is 0 Å². The van der Waals surface area contributed by atoms with Crippen LogP contribution < -0.4 is 11.2 Å². The van der Waals surface area contributed by atoms with Crippen molar-refractivity contribution < 1.29 is 9.90 Å². The number of carboxylic acids is 1. The van der Waals surface area contributed by atoms with Crippen LogP contribution in [0.15, 0.2) is 9.59 Å². The Morgan fingerprint density at radius 1 is 1.28 bits per heavy atom. The minimum Gasteiger partial charge on any atom is -0.477 e. The van der Waals surface area contributed by atoms with E-state index in [1.807, 2.05) is 0 Å². The number of hydrogen-bond acceptors (Lipinski definition) is 3. The number of rotatable bonds is 2. The van der Waals surface area contributed by atoms with Gasteiger partial charge >= 0.3 is 11.7 Å². The lowest BCUT2D eigenvalue weighted by atomic mass is 9.95. The fourth-order valence-electron chi connectivity index (χ4n) is 2.41. The summed E-state index contributed by atoms with van der Waals surface area (Å²) in [7, 11) is 0. The van der Waals surface area contributed by atoms with Gasteiger partial charge in [-0.25, -0.2) is 9.59 Å².